The first-order valence-electron chi connectivity index (χ1n) is 4.08. The van der Waals surface area contributed by atoms with Crippen LogP contribution in [0.4, 0.5) is 0 Å². The SMILES string of the molecule is [CH2]NC(NC(C)=O)c1ccccc1. The molecule has 13 heavy (non-hydrogen) atoms. The summed E-state index contributed by atoms with van der Waals surface area (Å²) in [6.45, 7) is 1.48. The average Bonchev–Trinajstić information content (AvgIpc) is 2.15. The van der Waals surface area contributed by atoms with Crippen molar-refractivity contribution in [3.63, 3.8) is 0 Å². The summed E-state index contributed by atoms with van der Waals surface area (Å²) in [6, 6.07) is 9.62. The van der Waals surface area contributed by atoms with Crippen molar-refractivity contribution >= 4 is 5.91 Å². The van der Waals surface area contributed by atoms with Gasteiger partial charge >= 0.3 is 0 Å². The van der Waals surface area contributed by atoms with Gasteiger partial charge < -0.3 is 5.32 Å². The van der Waals surface area contributed by atoms with Crippen LogP contribution in [0.1, 0.15) is 18.7 Å². The van der Waals surface area contributed by atoms with Gasteiger partial charge in [-0.15, -0.1) is 0 Å². The van der Waals surface area contributed by atoms with Gasteiger partial charge in [-0.2, -0.15) is 0 Å². The molecule has 0 aliphatic heterocycles. The summed E-state index contributed by atoms with van der Waals surface area (Å²) in [5, 5.41) is 5.50. The van der Waals surface area contributed by atoms with Gasteiger partial charge in [-0.1, -0.05) is 30.3 Å². The Morgan fingerprint density at radius 2 is 2.00 bits per heavy atom. The Morgan fingerprint density at radius 3 is 2.46 bits per heavy atom. The first-order valence-corrected chi connectivity index (χ1v) is 4.08. The van der Waals surface area contributed by atoms with E-state index in [9.17, 15) is 4.79 Å². The number of carbonyl (C=O) groups is 1. The second kappa shape index (κ2) is 4.62. The molecule has 0 aliphatic rings. The minimum atomic E-state index is -0.210. The molecule has 0 saturated carbocycles. The summed E-state index contributed by atoms with van der Waals surface area (Å²) in [6.07, 6.45) is -0.210. The number of nitrogens with one attached hydrogen (secondary N) is 2. The molecule has 2 N–H and O–H groups in total. The molecule has 1 rings (SSSR count). The van der Waals surface area contributed by atoms with E-state index in [1.807, 2.05) is 30.3 Å². The zero-order chi connectivity index (χ0) is 9.68. The number of amides is 1. The van der Waals surface area contributed by atoms with E-state index in [4.69, 9.17) is 0 Å². The lowest BCUT2D eigenvalue weighted by Gasteiger charge is -2.16. The van der Waals surface area contributed by atoms with Gasteiger partial charge in [0.05, 0.1) is 0 Å². The third-order valence-electron chi connectivity index (χ3n) is 1.68. The molecule has 69 valence electrons. The Bertz CT molecular complexity index is 272. The van der Waals surface area contributed by atoms with Crippen molar-refractivity contribution in [3.05, 3.63) is 42.9 Å². The van der Waals surface area contributed by atoms with Crippen molar-refractivity contribution < 1.29 is 4.79 Å². The molecular formula is C10H13N2O. The molecule has 1 aromatic carbocycles. The van der Waals surface area contributed by atoms with Crippen LogP contribution in [-0.4, -0.2) is 5.91 Å². The van der Waals surface area contributed by atoms with E-state index in [1.54, 1.807) is 0 Å². The molecule has 0 aromatic heterocycles. The Morgan fingerprint density at radius 1 is 1.38 bits per heavy atom. The van der Waals surface area contributed by atoms with Crippen LogP contribution < -0.4 is 10.6 Å². The summed E-state index contributed by atoms with van der Waals surface area (Å²) >= 11 is 0. The van der Waals surface area contributed by atoms with Crippen LogP contribution in [-0.2, 0) is 4.79 Å². The minimum absolute atomic E-state index is 0.0787. The summed E-state index contributed by atoms with van der Waals surface area (Å²) in [7, 11) is 3.55. The van der Waals surface area contributed by atoms with Crippen molar-refractivity contribution in [2.45, 2.75) is 13.1 Å². The predicted octanol–water partition coefficient (Wildman–Crippen LogP) is 1.20. The smallest absolute Gasteiger partial charge is 0.218 e. The van der Waals surface area contributed by atoms with E-state index in [-0.39, 0.29) is 12.1 Å². The van der Waals surface area contributed by atoms with E-state index >= 15 is 0 Å². The zero-order valence-electron chi connectivity index (χ0n) is 7.58. The summed E-state index contributed by atoms with van der Waals surface area (Å²) in [4.78, 5) is 10.8. The monoisotopic (exact) mass is 177 g/mol. The van der Waals surface area contributed by atoms with Crippen LogP contribution in [0.15, 0.2) is 30.3 Å². The van der Waals surface area contributed by atoms with Gasteiger partial charge in [0, 0.05) is 14.0 Å². The van der Waals surface area contributed by atoms with Crippen LogP contribution in [0.2, 0.25) is 0 Å². The van der Waals surface area contributed by atoms with E-state index in [2.05, 4.69) is 17.7 Å². The molecule has 0 bridgehead atoms. The Hall–Kier alpha value is -1.35. The van der Waals surface area contributed by atoms with E-state index in [0.29, 0.717) is 0 Å². The molecule has 1 unspecified atom stereocenters. The highest BCUT2D eigenvalue weighted by molar-refractivity contribution is 5.73. The van der Waals surface area contributed by atoms with Crippen LogP contribution in [0.5, 0.6) is 0 Å². The maximum atomic E-state index is 10.8. The lowest BCUT2D eigenvalue weighted by molar-refractivity contribution is -0.119. The topological polar surface area (TPSA) is 41.1 Å². The standard InChI is InChI=1S/C10H13N2O/c1-8(13)12-10(11-2)9-6-4-3-5-7-9/h3-7,10-11H,2H2,1H3,(H,12,13). The second-order valence-electron chi connectivity index (χ2n) is 2.75. The first kappa shape index (κ1) is 9.74. The third kappa shape index (κ3) is 2.87. The van der Waals surface area contributed by atoms with Crippen LogP contribution in [0.25, 0.3) is 0 Å². The normalized spacial score (nSPS) is 12.2. The summed E-state index contributed by atoms with van der Waals surface area (Å²) < 4.78 is 0. The van der Waals surface area contributed by atoms with E-state index in [0.717, 1.165) is 5.56 Å². The number of hydrogen-bond acceptors (Lipinski definition) is 2. The highest BCUT2D eigenvalue weighted by atomic mass is 16.1. The average molecular weight is 177 g/mol. The van der Waals surface area contributed by atoms with Crippen LogP contribution in [0, 0.1) is 7.05 Å². The molecule has 0 saturated heterocycles. The highest BCUT2D eigenvalue weighted by Crippen LogP contribution is 2.08. The molecule has 0 heterocycles. The Labute approximate surface area is 78.2 Å². The van der Waals surface area contributed by atoms with Gasteiger partial charge in [0.15, 0.2) is 0 Å². The summed E-state index contributed by atoms with van der Waals surface area (Å²) in [5.41, 5.74) is 0.993. The molecule has 0 spiro atoms. The first-order chi connectivity index (χ1) is 6.24. The van der Waals surface area contributed by atoms with Crippen LogP contribution in [0.3, 0.4) is 0 Å². The van der Waals surface area contributed by atoms with Gasteiger partial charge in [-0.25, -0.2) is 0 Å². The highest BCUT2D eigenvalue weighted by Gasteiger charge is 2.07. The zero-order valence-corrected chi connectivity index (χ0v) is 7.58. The fraction of sp³-hybridized carbons (Fsp3) is 0.200. The fourth-order valence-electron chi connectivity index (χ4n) is 1.10. The van der Waals surface area contributed by atoms with Crippen molar-refractivity contribution in [3.8, 4) is 0 Å². The molecule has 0 fully saturated rings. The van der Waals surface area contributed by atoms with Crippen molar-refractivity contribution in [2.24, 2.45) is 0 Å². The van der Waals surface area contributed by atoms with Gasteiger partial charge in [0.1, 0.15) is 6.17 Å². The van der Waals surface area contributed by atoms with E-state index in [1.165, 1.54) is 6.92 Å². The molecule has 1 amide bonds. The number of rotatable bonds is 3. The lowest BCUT2D eigenvalue weighted by atomic mass is 10.2. The third-order valence-corrected chi connectivity index (χ3v) is 1.68. The number of carbonyl (C=O) groups excluding carboxylic acids is 1. The molecule has 1 aromatic rings. The molecule has 3 heteroatoms. The minimum Gasteiger partial charge on any atom is -0.337 e. The second-order valence-corrected chi connectivity index (χ2v) is 2.75. The van der Waals surface area contributed by atoms with Gasteiger partial charge in [0.25, 0.3) is 0 Å². The predicted molar refractivity (Wildman–Crippen MR) is 51.5 cm³/mol. The molecule has 0 aliphatic carbocycles. The maximum absolute atomic E-state index is 10.8. The molecule has 3 nitrogen and oxygen atoms in total. The van der Waals surface area contributed by atoms with Crippen LogP contribution >= 0.6 is 0 Å². The van der Waals surface area contributed by atoms with Crippen molar-refractivity contribution in [2.75, 3.05) is 0 Å². The molecule has 1 atom stereocenters. The molecular weight excluding hydrogens is 164 g/mol. The summed E-state index contributed by atoms with van der Waals surface area (Å²) in [5.74, 6) is -0.0787. The maximum Gasteiger partial charge on any atom is 0.218 e. The lowest BCUT2D eigenvalue weighted by Crippen LogP contribution is -2.33. The quantitative estimate of drug-likeness (QED) is 0.681. The Balaban J connectivity index is 2.73. The van der Waals surface area contributed by atoms with Gasteiger partial charge in [-0.3, -0.25) is 10.1 Å². The number of hydrogen-bond donors (Lipinski definition) is 2. The van der Waals surface area contributed by atoms with Crippen molar-refractivity contribution in [1.82, 2.24) is 10.6 Å². The van der Waals surface area contributed by atoms with Gasteiger partial charge in [0.2, 0.25) is 5.91 Å². The van der Waals surface area contributed by atoms with Crippen molar-refractivity contribution in [1.29, 1.82) is 0 Å². The molecule has 1 radical (unpaired) electrons. The largest absolute Gasteiger partial charge is 0.337 e. The van der Waals surface area contributed by atoms with Gasteiger partial charge in [-0.05, 0) is 5.56 Å². The Kier molecular flexibility index (Phi) is 3.46. The fourth-order valence-corrected chi connectivity index (χ4v) is 1.10. The van der Waals surface area contributed by atoms with E-state index < -0.39 is 0 Å². The number of benzene rings is 1.